The zero-order chi connectivity index (χ0) is 68.1. The van der Waals surface area contributed by atoms with Gasteiger partial charge in [0.25, 0.3) is 0 Å². The van der Waals surface area contributed by atoms with Gasteiger partial charge in [-0.05, 0) is 64.2 Å². The molecule has 0 bridgehead atoms. The number of hydrogen-bond donors (Lipinski definition) is 22. The number of carboxylic acids is 5. The van der Waals surface area contributed by atoms with Gasteiger partial charge in [0, 0.05) is 117 Å². The van der Waals surface area contributed by atoms with E-state index in [4.69, 9.17) is 11.5 Å². The number of nitrogens with one attached hydrogen (secondary N) is 5. The average molecular weight is 1300 g/mol. The number of nitrogens with two attached hydrogens (primary N) is 2. The van der Waals surface area contributed by atoms with Crippen LogP contribution in [0.25, 0.3) is 0 Å². The van der Waals surface area contributed by atoms with Gasteiger partial charge in [0.05, 0.1) is 43.9 Å². The molecule has 1 aliphatic rings. The van der Waals surface area contributed by atoms with Gasteiger partial charge < -0.3 is 115 Å². The van der Waals surface area contributed by atoms with E-state index >= 15 is 0 Å². The predicted octanol–water partition coefficient (Wildman–Crippen LogP) is -10.5. The number of rotatable bonds is 55. The lowest BCUT2D eigenvalue weighted by atomic mass is 10.1. The third kappa shape index (κ3) is 40.0. The molecule has 90 heavy (non-hydrogen) atoms. The highest BCUT2D eigenvalue weighted by Crippen LogP contribution is 2.29. The molecule has 0 aromatic rings. The summed E-state index contributed by atoms with van der Waals surface area (Å²) in [6.07, 6.45) is -8.28. The highest BCUT2D eigenvalue weighted by atomic mass is 16.5. The van der Waals surface area contributed by atoms with E-state index in [1.165, 1.54) is 19.6 Å². The number of nitrogens with zero attached hydrogens (tertiary/aromatic N) is 6. The van der Waals surface area contributed by atoms with E-state index in [-0.39, 0.29) is 130 Å². The van der Waals surface area contributed by atoms with Gasteiger partial charge in [0.2, 0.25) is 29.5 Å². The number of unbranched alkanes of at least 4 members (excludes halogenated alkanes) is 2. The lowest BCUT2D eigenvalue weighted by molar-refractivity contribution is -0.146. The van der Waals surface area contributed by atoms with Crippen molar-refractivity contribution in [1.29, 1.82) is 0 Å². The topological polar surface area (TPSA) is 606 Å². The Balaban J connectivity index is 2.78. The molecule has 0 aromatic heterocycles. The predicted molar refractivity (Wildman–Crippen MR) is 310 cm³/mol. The highest BCUT2D eigenvalue weighted by molar-refractivity contribution is 5.88. The number of carboxylic acid groups (broad SMARTS) is 5. The lowest BCUT2D eigenvalue weighted by Crippen LogP contribution is -2.53. The molecule has 520 valence electrons. The third-order valence-corrected chi connectivity index (χ3v) is 14.1. The molecule has 4 atom stereocenters. The van der Waals surface area contributed by atoms with Crippen LogP contribution < -0.4 is 38.1 Å². The van der Waals surface area contributed by atoms with Gasteiger partial charge in [-0.2, -0.15) is 0 Å². The first-order chi connectivity index (χ1) is 42.2. The average Bonchev–Trinajstić information content (AvgIpc) is 2.30. The molecule has 2 unspecified atom stereocenters. The van der Waals surface area contributed by atoms with Gasteiger partial charge >= 0.3 is 29.8 Å². The number of carbonyl (C=O) groups excluding carboxylic acids is 5. The zero-order valence-electron chi connectivity index (χ0n) is 50.5. The Bertz CT molecular complexity index is 2080. The number of hydrogen-bond acceptors (Lipinski definition) is 28. The van der Waals surface area contributed by atoms with E-state index in [9.17, 15) is 125 Å². The highest BCUT2D eigenvalue weighted by Gasteiger charge is 2.41. The summed E-state index contributed by atoms with van der Waals surface area (Å²) in [5.74, 6) is -9.74. The van der Waals surface area contributed by atoms with Gasteiger partial charge in [-0.25, -0.2) is 0 Å². The lowest BCUT2D eigenvalue weighted by Gasteiger charge is -2.36. The van der Waals surface area contributed by atoms with Crippen LogP contribution >= 0.6 is 0 Å². The number of aliphatic hydroxyl groups excluding tert-OH is 5. The van der Waals surface area contributed by atoms with Crippen LogP contribution in [0.15, 0.2) is 0 Å². The van der Waals surface area contributed by atoms with Crippen molar-refractivity contribution in [3.63, 3.8) is 0 Å². The molecule has 1 fully saturated rings. The molecule has 0 spiro atoms. The molecule has 0 aromatic carbocycles. The first-order valence-corrected chi connectivity index (χ1v) is 29.4. The van der Waals surface area contributed by atoms with E-state index < -0.39 is 173 Å². The van der Waals surface area contributed by atoms with E-state index in [0.717, 1.165) is 9.80 Å². The van der Waals surface area contributed by atoms with Crippen molar-refractivity contribution in [3.05, 3.63) is 0 Å². The fourth-order valence-electron chi connectivity index (χ4n) is 9.39. The minimum absolute atomic E-state index is 0.0502. The molecule has 5 amide bonds. The number of aliphatic hydroxyl groups is 10. The van der Waals surface area contributed by atoms with Gasteiger partial charge in [0.15, 0.2) is 31.5 Å². The first-order valence-electron chi connectivity index (χ1n) is 29.4. The third-order valence-electron chi connectivity index (χ3n) is 14.1. The van der Waals surface area contributed by atoms with Crippen molar-refractivity contribution in [3.8, 4) is 0 Å². The quantitative estimate of drug-likeness (QED) is 0.0199. The molecular weight excluding hydrogens is 1210 g/mol. The second kappa shape index (κ2) is 44.5. The number of carbonyl (C=O) groups is 10. The monoisotopic (exact) mass is 1300 g/mol. The molecule has 38 heteroatoms. The molecule has 0 saturated heterocycles. The van der Waals surface area contributed by atoms with E-state index in [1.807, 2.05) is 0 Å². The summed E-state index contributed by atoms with van der Waals surface area (Å²) in [5, 5.41) is 157. The molecule has 1 rings (SSSR count). The van der Waals surface area contributed by atoms with Crippen LogP contribution in [0.5, 0.6) is 0 Å². The van der Waals surface area contributed by atoms with Crippen LogP contribution in [0, 0.1) is 0 Å². The second-order valence-corrected chi connectivity index (χ2v) is 22.0. The van der Waals surface area contributed by atoms with Gasteiger partial charge in [-0.1, -0.05) is 0 Å². The fourth-order valence-corrected chi connectivity index (χ4v) is 9.39. The van der Waals surface area contributed by atoms with Crippen LogP contribution in [-0.4, -0.2) is 351 Å². The number of aliphatic carboxylic acids is 5. The molecule has 0 heterocycles. The molecule has 0 radical (unpaired) electrons. The van der Waals surface area contributed by atoms with Crippen molar-refractivity contribution >= 4 is 59.4 Å². The van der Waals surface area contributed by atoms with E-state index in [0.29, 0.717) is 25.7 Å². The van der Waals surface area contributed by atoms with Crippen LogP contribution in [0.1, 0.15) is 83.5 Å². The van der Waals surface area contributed by atoms with Crippen LogP contribution in [-0.2, 0) is 47.9 Å². The fraction of sp³-hybridized carbons (Fsp3) is 0.808. The molecular formula is C52H97N13O25. The Morgan fingerprint density at radius 1 is 0.433 bits per heavy atom. The summed E-state index contributed by atoms with van der Waals surface area (Å²) in [5.41, 5.74) is 11.2. The molecule has 1 aliphatic carbocycles. The summed E-state index contributed by atoms with van der Waals surface area (Å²) >= 11 is 0. The Labute approximate surface area is 519 Å². The molecule has 0 aliphatic heterocycles. The van der Waals surface area contributed by atoms with E-state index in [1.54, 1.807) is 0 Å². The summed E-state index contributed by atoms with van der Waals surface area (Å²) in [6, 6.07) is -4.69. The normalized spacial score (nSPS) is 14.5. The summed E-state index contributed by atoms with van der Waals surface area (Å²) in [7, 11) is 0. The minimum Gasteiger partial charge on any atom is -0.480 e. The van der Waals surface area contributed by atoms with Crippen LogP contribution in [0.3, 0.4) is 0 Å². The smallest absolute Gasteiger partial charge is 0.320 e. The van der Waals surface area contributed by atoms with Crippen molar-refractivity contribution < 1.29 is 125 Å². The Hall–Kier alpha value is -6.02. The van der Waals surface area contributed by atoms with Gasteiger partial charge in [0.1, 0.15) is 12.1 Å². The van der Waals surface area contributed by atoms with Crippen molar-refractivity contribution in [2.45, 2.75) is 145 Å². The standard InChI is InChI=1S/C52H97N13O25/c53-33(5-1-3-14-55-37(66)9-7-35(50(87)88)64(21-17-60(25-40(69)70)26-41(71)72)22-18-61(27-42(73)74)28-43(75)76)48(85)57-16-11-39(68)58-34(49(86)59-52(54)12-13-52)6-2-4-15-56-38(67)10-8-36(51(89)90)65(23-19-62(29-44(77)78)30-45(79)80)24-20-63(31-46(81)82)32-47(83)84/h33-36,40-43,50,69-76,87-88H,1-32,53-54H2,(H,55,66)(H,56,67)(H,57,85)(H,58,68)(H,59,86)(H,77,78)(H,79,80)(H,81,82)(H,83,84)(H,89,90)/t33-,34-,35?,36?/m0/s1. The zero-order valence-corrected chi connectivity index (χ0v) is 50.5. The Kier molecular flexibility index (Phi) is 40.5. The van der Waals surface area contributed by atoms with Crippen molar-refractivity contribution in [1.82, 2.24) is 56.0 Å². The molecule has 38 nitrogen and oxygen atoms in total. The maximum Gasteiger partial charge on any atom is 0.320 e. The first kappa shape index (κ1) is 82.0. The maximum atomic E-state index is 13.2. The van der Waals surface area contributed by atoms with Crippen LogP contribution in [0.2, 0.25) is 0 Å². The summed E-state index contributed by atoms with van der Waals surface area (Å²) in [6.45, 7) is -5.90. The van der Waals surface area contributed by atoms with E-state index in [2.05, 4.69) is 26.6 Å². The van der Waals surface area contributed by atoms with Crippen LogP contribution in [0.4, 0.5) is 0 Å². The minimum atomic E-state index is -2.04. The van der Waals surface area contributed by atoms with Gasteiger partial charge in [-0.3, -0.25) is 77.3 Å². The van der Waals surface area contributed by atoms with Crippen molar-refractivity contribution in [2.24, 2.45) is 11.5 Å². The largest absolute Gasteiger partial charge is 0.480 e. The van der Waals surface area contributed by atoms with Gasteiger partial charge in [-0.15, -0.1) is 0 Å². The Morgan fingerprint density at radius 2 is 0.833 bits per heavy atom. The molecule has 1 saturated carbocycles. The molecule has 24 N–H and O–H groups in total. The Morgan fingerprint density at radius 3 is 1.22 bits per heavy atom. The summed E-state index contributed by atoms with van der Waals surface area (Å²) in [4.78, 5) is 130. The number of amides is 5. The SMILES string of the molecule is N[C@@H](CCCCNC(=O)CCC(C(O)O)N(CCN(CC(O)O)CC(O)O)CCN(CC(O)O)CC(O)O)C(=O)NCCC(=O)N[C@@H](CCCCNC(=O)CCC(C(=O)O)N(CCN(CC(=O)O)CC(=O)O)CCN(CC(=O)O)CC(=O)O)C(=O)NC1(N)CC1. The van der Waals surface area contributed by atoms with Crippen molar-refractivity contribution in [2.75, 3.05) is 124 Å². The second-order valence-electron chi connectivity index (χ2n) is 22.0. The summed E-state index contributed by atoms with van der Waals surface area (Å²) < 4.78 is 0. The maximum absolute atomic E-state index is 13.2.